The molecule has 0 bridgehead atoms. The largest absolute Gasteiger partial charge is 0.497 e. The Bertz CT molecular complexity index is 1170. The highest BCUT2D eigenvalue weighted by atomic mass is 35.5. The van der Waals surface area contributed by atoms with Gasteiger partial charge in [0, 0.05) is 10.6 Å². The molecular weight excluding hydrogens is 403 g/mol. The minimum atomic E-state index is -0.339. The minimum Gasteiger partial charge on any atom is -0.497 e. The summed E-state index contributed by atoms with van der Waals surface area (Å²) >= 11 is 6.31. The van der Waals surface area contributed by atoms with Crippen LogP contribution in [-0.2, 0) is 4.79 Å². The second-order valence-electron chi connectivity index (χ2n) is 6.77. The first-order chi connectivity index (χ1) is 14.5. The van der Waals surface area contributed by atoms with Crippen molar-refractivity contribution < 1.29 is 13.9 Å². The lowest BCUT2D eigenvalue weighted by Gasteiger charge is -2.21. The Morgan fingerprint density at radius 2 is 1.73 bits per heavy atom. The normalized spacial score (nSPS) is 14.9. The van der Waals surface area contributed by atoms with Gasteiger partial charge in [0.15, 0.2) is 0 Å². The lowest BCUT2D eigenvalue weighted by Crippen LogP contribution is -2.33. The van der Waals surface area contributed by atoms with Gasteiger partial charge in [-0.3, -0.25) is 9.69 Å². The summed E-state index contributed by atoms with van der Waals surface area (Å²) in [5.41, 5.74) is 3.13. The van der Waals surface area contributed by atoms with E-state index in [0.29, 0.717) is 27.9 Å². The van der Waals surface area contributed by atoms with Crippen LogP contribution in [0.1, 0.15) is 16.7 Å². The van der Waals surface area contributed by atoms with Crippen molar-refractivity contribution in [1.29, 1.82) is 0 Å². The number of carbonyl (C=O) groups is 1. The zero-order valence-corrected chi connectivity index (χ0v) is 17.2. The van der Waals surface area contributed by atoms with Crippen LogP contribution in [-0.4, -0.2) is 18.9 Å². The number of hydrogen-bond acceptors (Lipinski definition) is 3. The van der Waals surface area contributed by atoms with Crippen molar-refractivity contribution in [2.24, 2.45) is 4.99 Å². The van der Waals surface area contributed by atoms with Crippen LogP contribution in [0.4, 0.5) is 10.1 Å². The smallest absolute Gasteiger partial charge is 0.282 e. The average molecular weight is 421 g/mol. The second-order valence-corrected chi connectivity index (χ2v) is 7.18. The van der Waals surface area contributed by atoms with Crippen molar-refractivity contribution in [3.05, 3.63) is 100.0 Å². The minimum absolute atomic E-state index is 0.256. The van der Waals surface area contributed by atoms with Crippen LogP contribution in [0.15, 0.2) is 77.4 Å². The van der Waals surface area contributed by atoms with E-state index < -0.39 is 0 Å². The number of benzene rings is 3. The summed E-state index contributed by atoms with van der Waals surface area (Å²) in [5, 5.41) is 0.561. The summed E-state index contributed by atoms with van der Waals surface area (Å²) in [6, 6.07) is 18.6. The van der Waals surface area contributed by atoms with E-state index in [1.165, 1.54) is 12.1 Å². The molecule has 150 valence electrons. The summed E-state index contributed by atoms with van der Waals surface area (Å²) < 4.78 is 18.5. The molecule has 1 amide bonds. The Morgan fingerprint density at radius 1 is 1.03 bits per heavy atom. The molecule has 30 heavy (non-hydrogen) atoms. The first kappa shape index (κ1) is 19.9. The van der Waals surface area contributed by atoms with Crippen LogP contribution >= 0.6 is 11.6 Å². The first-order valence-corrected chi connectivity index (χ1v) is 9.65. The molecule has 0 atom stereocenters. The third-order valence-corrected chi connectivity index (χ3v) is 5.27. The number of ether oxygens (including phenoxy) is 1. The number of halogens is 2. The summed E-state index contributed by atoms with van der Waals surface area (Å²) in [4.78, 5) is 19.5. The molecule has 0 unspecified atom stereocenters. The summed E-state index contributed by atoms with van der Waals surface area (Å²) in [6.45, 7) is 1.86. The number of hydrogen-bond donors (Lipinski definition) is 0. The fourth-order valence-corrected chi connectivity index (χ4v) is 3.40. The van der Waals surface area contributed by atoms with Gasteiger partial charge in [-0.05, 0) is 72.7 Å². The maximum atomic E-state index is 13.3. The molecule has 0 radical (unpaired) electrons. The first-order valence-electron chi connectivity index (χ1n) is 9.28. The van der Waals surface area contributed by atoms with E-state index in [1.54, 1.807) is 42.4 Å². The predicted molar refractivity (Wildman–Crippen MR) is 118 cm³/mol. The summed E-state index contributed by atoms with van der Waals surface area (Å²) in [7, 11) is 1.59. The fourth-order valence-electron chi connectivity index (χ4n) is 3.23. The average Bonchev–Trinajstić information content (AvgIpc) is 3.08. The van der Waals surface area contributed by atoms with Crippen molar-refractivity contribution in [3.63, 3.8) is 0 Å². The topological polar surface area (TPSA) is 41.9 Å². The molecule has 0 aliphatic carbocycles. The number of amides is 1. The van der Waals surface area contributed by atoms with Crippen molar-refractivity contribution >= 4 is 35.1 Å². The molecule has 4 rings (SSSR count). The number of anilines is 1. The Hall–Kier alpha value is -3.44. The monoisotopic (exact) mass is 420 g/mol. The standard InChI is InChI=1S/C24H18ClFN2O2/c1-15-20(25)4-3-5-22(15)28-23(17-8-12-19(30-2)13-9-17)27-21(24(28)29)14-16-6-10-18(26)11-7-16/h3-14H,1-2H3. The summed E-state index contributed by atoms with van der Waals surface area (Å²) in [6.07, 6.45) is 1.64. The number of methoxy groups -OCH3 is 1. The predicted octanol–water partition coefficient (Wildman–Crippen LogP) is 5.63. The van der Waals surface area contributed by atoms with E-state index in [9.17, 15) is 9.18 Å². The van der Waals surface area contributed by atoms with E-state index in [1.807, 2.05) is 37.3 Å². The van der Waals surface area contributed by atoms with Gasteiger partial charge in [0.05, 0.1) is 12.8 Å². The molecule has 1 aliphatic rings. The number of rotatable bonds is 4. The van der Waals surface area contributed by atoms with E-state index in [0.717, 1.165) is 11.1 Å². The molecule has 1 aliphatic heterocycles. The Morgan fingerprint density at radius 3 is 2.40 bits per heavy atom. The highest BCUT2D eigenvalue weighted by Crippen LogP contribution is 2.33. The van der Waals surface area contributed by atoms with Gasteiger partial charge in [-0.1, -0.05) is 29.8 Å². The molecule has 1 heterocycles. The van der Waals surface area contributed by atoms with E-state index >= 15 is 0 Å². The highest BCUT2D eigenvalue weighted by molar-refractivity contribution is 6.35. The Kier molecular flexibility index (Phi) is 5.38. The second kappa shape index (κ2) is 8.13. The van der Waals surface area contributed by atoms with Crippen molar-refractivity contribution in [2.75, 3.05) is 12.0 Å². The van der Waals surface area contributed by atoms with Gasteiger partial charge in [0.25, 0.3) is 5.91 Å². The van der Waals surface area contributed by atoms with Gasteiger partial charge in [0.2, 0.25) is 0 Å². The molecule has 0 N–H and O–H groups in total. The lowest BCUT2D eigenvalue weighted by atomic mass is 10.1. The van der Waals surface area contributed by atoms with Crippen molar-refractivity contribution in [2.45, 2.75) is 6.92 Å². The van der Waals surface area contributed by atoms with Crippen molar-refractivity contribution in [3.8, 4) is 5.75 Å². The van der Waals surface area contributed by atoms with Crippen LogP contribution < -0.4 is 9.64 Å². The van der Waals surface area contributed by atoms with Crippen LogP contribution in [0.2, 0.25) is 5.02 Å². The number of aliphatic imine (C=N–C) groups is 1. The maximum absolute atomic E-state index is 13.3. The highest BCUT2D eigenvalue weighted by Gasteiger charge is 2.33. The van der Waals surface area contributed by atoms with Gasteiger partial charge in [-0.2, -0.15) is 0 Å². The molecule has 0 saturated heterocycles. The van der Waals surface area contributed by atoms with Crippen LogP contribution in [0.3, 0.4) is 0 Å². The van der Waals surface area contributed by atoms with Crippen LogP contribution in [0.5, 0.6) is 5.75 Å². The molecule has 0 aromatic heterocycles. The van der Waals surface area contributed by atoms with E-state index in [-0.39, 0.29) is 17.4 Å². The summed E-state index contributed by atoms with van der Waals surface area (Å²) in [5.74, 6) is 0.571. The molecule has 0 fully saturated rings. The third kappa shape index (κ3) is 3.72. The molecular formula is C24H18ClFN2O2. The van der Waals surface area contributed by atoms with Gasteiger partial charge in [-0.15, -0.1) is 0 Å². The van der Waals surface area contributed by atoms with E-state index in [4.69, 9.17) is 16.3 Å². The quantitative estimate of drug-likeness (QED) is 0.513. The molecule has 6 heteroatoms. The van der Waals surface area contributed by atoms with Gasteiger partial charge >= 0.3 is 0 Å². The SMILES string of the molecule is COc1ccc(C2=NC(=Cc3ccc(F)cc3)C(=O)N2c2cccc(Cl)c2C)cc1. The van der Waals surface area contributed by atoms with Crippen LogP contribution in [0, 0.1) is 12.7 Å². The number of amidine groups is 1. The molecule has 0 spiro atoms. The molecule has 3 aromatic rings. The molecule has 3 aromatic carbocycles. The zero-order chi connectivity index (χ0) is 21.3. The maximum Gasteiger partial charge on any atom is 0.282 e. The number of nitrogens with zero attached hydrogens (tertiary/aromatic N) is 2. The van der Waals surface area contributed by atoms with Gasteiger partial charge in [0.1, 0.15) is 23.1 Å². The zero-order valence-electron chi connectivity index (χ0n) is 16.4. The lowest BCUT2D eigenvalue weighted by molar-refractivity contribution is -0.113. The Balaban J connectivity index is 1.84. The number of carbonyl (C=O) groups excluding carboxylic acids is 1. The Labute approximate surface area is 178 Å². The fraction of sp³-hybridized carbons (Fsp3) is 0.0833. The molecule has 4 nitrogen and oxygen atoms in total. The van der Waals surface area contributed by atoms with Crippen molar-refractivity contribution in [1.82, 2.24) is 0 Å². The van der Waals surface area contributed by atoms with Gasteiger partial charge in [-0.25, -0.2) is 9.38 Å². The van der Waals surface area contributed by atoms with Crippen LogP contribution in [0.25, 0.3) is 6.08 Å². The van der Waals surface area contributed by atoms with Gasteiger partial charge < -0.3 is 4.74 Å². The van der Waals surface area contributed by atoms with E-state index in [2.05, 4.69) is 4.99 Å². The molecule has 0 saturated carbocycles. The third-order valence-electron chi connectivity index (χ3n) is 4.86.